The lowest BCUT2D eigenvalue weighted by molar-refractivity contribution is -0.153. The van der Waals surface area contributed by atoms with Crippen molar-refractivity contribution in [1.82, 2.24) is 15.5 Å². The summed E-state index contributed by atoms with van der Waals surface area (Å²) in [6.07, 6.45) is -4.85. The third-order valence-electron chi connectivity index (χ3n) is 6.32. The highest BCUT2D eigenvalue weighted by Crippen LogP contribution is 2.31. The number of carbonyl (C=O) groups excluding carboxylic acids is 2. The smallest absolute Gasteiger partial charge is 0.401 e. The molecule has 10 heteroatoms. The van der Waals surface area contributed by atoms with Gasteiger partial charge in [-0.25, -0.2) is 0 Å². The Labute approximate surface area is 218 Å². The fourth-order valence-electron chi connectivity index (χ4n) is 4.48. The summed E-state index contributed by atoms with van der Waals surface area (Å²) in [5.41, 5.74) is 2.86. The topological polar surface area (TPSA) is 79.9 Å². The van der Waals surface area contributed by atoms with Crippen LogP contribution in [0.15, 0.2) is 66.7 Å². The maximum absolute atomic E-state index is 13.3. The first-order valence-electron chi connectivity index (χ1n) is 12.0. The second-order valence-corrected chi connectivity index (χ2v) is 8.86. The minimum absolute atomic E-state index is 0.140. The average Bonchev–Trinajstić information content (AvgIpc) is 2.91. The molecule has 0 saturated heterocycles. The Balaban J connectivity index is 1.46. The first-order chi connectivity index (χ1) is 18.2. The number of amides is 2. The molecule has 0 fully saturated rings. The molecule has 0 aromatic heterocycles. The van der Waals surface area contributed by atoms with Gasteiger partial charge in [-0.2, -0.15) is 13.2 Å². The van der Waals surface area contributed by atoms with Gasteiger partial charge in [0.1, 0.15) is 6.17 Å². The van der Waals surface area contributed by atoms with E-state index in [4.69, 9.17) is 9.47 Å². The van der Waals surface area contributed by atoms with E-state index in [1.807, 2.05) is 12.1 Å². The Kier molecular flexibility index (Phi) is 8.21. The van der Waals surface area contributed by atoms with E-state index in [1.165, 1.54) is 19.1 Å². The van der Waals surface area contributed by atoms with Crippen LogP contribution in [-0.2, 0) is 13.0 Å². The molecule has 0 spiro atoms. The van der Waals surface area contributed by atoms with Crippen molar-refractivity contribution in [2.45, 2.75) is 25.3 Å². The number of hydrogen-bond acceptors (Lipinski definition) is 5. The zero-order chi connectivity index (χ0) is 27.3. The molecule has 2 amide bonds. The monoisotopic (exact) mass is 527 g/mol. The van der Waals surface area contributed by atoms with Gasteiger partial charge < -0.3 is 20.1 Å². The number of hydrogen-bond donors (Lipinski definition) is 2. The van der Waals surface area contributed by atoms with Crippen molar-refractivity contribution in [3.8, 4) is 11.5 Å². The first kappa shape index (κ1) is 27.0. The van der Waals surface area contributed by atoms with E-state index >= 15 is 0 Å². The minimum Gasteiger partial charge on any atom is -0.493 e. The lowest BCUT2D eigenvalue weighted by atomic mass is 9.96. The molecule has 3 aromatic carbocycles. The van der Waals surface area contributed by atoms with Crippen LogP contribution in [0.3, 0.4) is 0 Å². The molecule has 0 radical (unpaired) electrons. The summed E-state index contributed by atoms with van der Waals surface area (Å²) in [6, 6.07) is 18.6. The molecule has 3 aromatic rings. The third kappa shape index (κ3) is 6.44. The fraction of sp³-hybridized carbons (Fsp3) is 0.286. The van der Waals surface area contributed by atoms with Crippen molar-refractivity contribution in [3.63, 3.8) is 0 Å². The van der Waals surface area contributed by atoms with Gasteiger partial charge in [0.05, 0.1) is 20.8 Å². The summed E-state index contributed by atoms with van der Waals surface area (Å²) in [4.78, 5) is 27.0. The number of alkyl halides is 3. The number of nitrogens with one attached hydrogen (secondary N) is 2. The van der Waals surface area contributed by atoms with Crippen LogP contribution in [0, 0.1) is 0 Å². The van der Waals surface area contributed by atoms with Crippen LogP contribution in [0.25, 0.3) is 0 Å². The number of nitrogens with zero attached hydrogens (tertiary/aromatic N) is 1. The minimum atomic E-state index is -4.40. The van der Waals surface area contributed by atoms with Gasteiger partial charge in [0.25, 0.3) is 11.8 Å². The van der Waals surface area contributed by atoms with Crippen LogP contribution in [0.1, 0.15) is 43.6 Å². The number of benzene rings is 3. The summed E-state index contributed by atoms with van der Waals surface area (Å²) in [5, 5.41) is 5.58. The van der Waals surface area contributed by atoms with Gasteiger partial charge in [-0.05, 0) is 53.4 Å². The van der Waals surface area contributed by atoms with Crippen LogP contribution in [-0.4, -0.2) is 50.2 Å². The van der Waals surface area contributed by atoms with Crippen molar-refractivity contribution in [2.24, 2.45) is 0 Å². The second-order valence-electron chi connectivity index (χ2n) is 8.86. The van der Waals surface area contributed by atoms with E-state index in [0.717, 1.165) is 5.56 Å². The highest BCUT2D eigenvalue weighted by atomic mass is 19.4. The number of methoxy groups -OCH3 is 2. The van der Waals surface area contributed by atoms with E-state index in [2.05, 4.69) is 10.6 Å². The molecular weight excluding hydrogens is 499 g/mol. The Bertz CT molecular complexity index is 1310. The molecule has 1 atom stereocenters. The molecule has 2 N–H and O–H groups in total. The Morgan fingerprint density at radius 2 is 1.66 bits per heavy atom. The van der Waals surface area contributed by atoms with Crippen LogP contribution in [0.4, 0.5) is 13.2 Å². The molecule has 1 unspecified atom stereocenters. The van der Waals surface area contributed by atoms with Gasteiger partial charge in [0.15, 0.2) is 11.5 Å². The van der Waals surface area contributed by atoms with Gasteiger partial charge >= 0.3 is 6.18 Å². The largest absolute Gasteiger partial charge is 0.493 e. The van der Waals surface area contributed by atoms with Gasteiger partial charge in [0, 0.05) is 24.2 Å². The molecule has 38 heavy (non-hydrogen) atoms. The lowest BCUT2D eigenvalue weighted by Crippen LogP contribution is -2.48. The highest BCUT2D eigenvalue weighted by Gasteiger charge is 2.37. The van der Waals surface area contributed by atoms with Crippen LogP contribution in [0.5, 0.6) is 11.5 Å². The van der Waals surface area contributed by atoms with Crippen LogP contribution in [0.2, 0.25) is 0 Å². The normalized spacial score (nSPS) is 15.3. The Hall–Kier alpha value is -4.05. The van der Waals surface area contributed by atoms with E-state index < -0.39 is 24.8 Å². The van der Waals surface area contributed by atoms with E-state index in [0.29, 0.717) is 34.6 Å². The molecule has 200 valence electrons. The van der Waals surface area contributed by atoms with E-state index in [9.17, 15) is 22.8 Å². The quantitative estimate of drug-likeness (QED) is 0.452. The molecule has 1 aliphatic heterocycles. The van der Waals surface area contributed by atoms with Gasteiger partial charge in [-0.3, -0.25) is 14.5 Å². The summed E-state index contributed by atoms with van der Waals surface area (Å²) < 4.78 is 50.2. The van der Waals surface area contributed by atoms with Gasteiger partial charge in [-0.1, -0.05) is 36.4 Å². The lowest BCUT2D eigenvalue weighted by Gasteiger charge is -2.38. The summed E-state index contributed by atoms with van der Waals surface area (Å²) >= 11 is 0. The summed E-state index contributed by atoms with van der Waals surface area (Å²) in [7, 11) is 2.98. The standard InChI is InChI=1S/C28H28F3N3O4/c1-37-23-11-10-21(15-24(23)38-2)26(35)32-16-18-6-5-8-20(14-18)27(36)33-25-22-9-4-3-7-19(22)12-13-34(25)17-28(29,30)31/h3-11,14-15,25H,12-13,16-17H2,1-2H3,(H,32,35)(H,33,36). The SMILES string of the molecule is COc1ccc(C(=O)NCc2cccc(C(=O)NC3c4ccccc4CCN3CC(F)(F)F)c2)cc1OC. The van der Waals surface area contributed by atoms with Crippen LogP contribution < -0.4 is 20.1 Å². The Morgan fingerprint density at radius 3 is 2.39 bits per heavy atom. The number of halogens is 3. The zero-order valence-corrected chi connectivity index (χ0v) is 21.0. The first-order valence-corrected chi connectivity index (χ1v) is 12.0. The molecular formula is C28H28F3N3O4. The third-order valence-corrected chi connectivity index (χ3v) is 6.32. The van der Waals surface area contributed by atoms with Gasteiger partial charge in [0.2, 0.25) is 0 Å². The fourth-order valence-corrected chi connectivity index (χ4v) is 4.48. The van der Waals surface area contributed by atoms with Crippen molar-refractivity contribution in [2.75, 3.05) is 27.3 Å². The van der Waals surface area contributed by atoms with Gasteiger partial charge in [-0.15, -0.1) is 0 Å². The number of fused-ring (bicyclic) bond motifs is 1. The van der Waals surface area contributed by atoms with E-state index in [1.54, 1.807) is 54.6 Å². The molecule has 0 bridgehead atoms. The maximum Gasteiger partial charge on any atom is 0.401 e. The average molecular weight is 528 g/mol. The second kappa shape index (κ2) is 11.6. The van der Waals surface area contributed by atoms with Crippen molar-refractivity contribution in [3.05, 3.63) is 94.5 Å². The molecule has 4 rings (SSSR count). The predicted octanol–water partition coefficient (Wildman–Crippen LogP) is 4.48. The zero-order valence-electron chi connectivity index (χ0n) is 21.0. The van der Waals surface area contributed by atoms with Crippen molar-refractivity contribution >= 4 is 11.8 Å². The van der Waals surface area contributed by atoms with Crippen molar-refractivity contribution < 1.29 is 32.2 Å². The molecule has 1 aliphatic rings. The predicted molar refractivity (Wildman–Crippen MR) is 135 cm³/mol. The number of carbonyl (C=O) groups is 2. The number of rotatable bonds is 8. The van der Waals surface area contributed by atoms with E-state index in [-0.39, 0.29) is 24.6 Å². The summed E-state index contributed by atoms with van der Waals surface area (Å²) in [6.45, 7) is -0.820. The molecule has 0 aliphatic carbocycles. The summed E-state index contributed by atoms with van der Waals surface area (Å²) in [5.74, 6) is 0.0641. The molecule has 0 saturated carbocycles. The maximum atomic E-state index is 13.3. The molecule has 1 heterocycles. The number of ether oxygens (including phenoxy) is 2. The highest BCUT2D eigenvalue weighted by molar-refractivity contribution is 5.95. The van der Waals surface area contributed by atoms with Crippen LogP contribution >= 0.6 is 0 Å². The van der Waals surface area contributed by atoms with Crippen molar-refractivity contribution in [1.29, 1.82) is 0 Å². The molecule has 7 nitrogen and oxygen atoms in total. The Morgan fingerprint density at radius 1 is 0.921 bits per heavy atom.